The fourth-order valence-corrected chi connectivity index (χ4v) is 0.950. The van der Waals surface area contributed by atoms with Crippen molar-refractivity contribution in [2.75, 3.05) is 7.05 Å². The fourth-order valence-electron chi connectivity index (χ4n) is 0.950. The lowest BCUT2D eigenvalue weighted by molar-refractivity contribution is 0.825. The second-order valence-corrected chi connectivity index (χ2v) is 2.54. The number of hydrogen-bond donors (Lipinski definition) is 0. The van der Waals surface area contributed by atoms with E-state index in [1.54, 1.807) is 7.05 Å². The summed E-state index contributed by atoms with van der Waals surface area (Å²) in [4.78, 5) is 7.78. The van der Waals surface area contributed by atoms with Crippen LogP contribution in [0.25, 0.3) is 0 Å². The van der Waals surface area contributed by atoms with E-state index in [-0.39, 0.29) is 6.04 Å². The molecule has 0 radical (unpaired) electrons. The first-order chi connectivity index (χ1) is 5.84. The van der Waals surface area contributed by atoms with Crippen molar-refractivity contribution in [3.63, 3.8) is 0 Å². The molecule has 0 fully saturated rings. The van der Waals surface area contributed by atoms with E-state index >= 15 is 0 Å². The molecule has 12 heavy (non-hydrogen) atoms. The lowest BCUT2D eigenvalue weighted by atomic mass is 10.1. The van der Waals surface area contributed by atoms with Gasteiger partial charge in [-0.15, -0.1) is 0 Å². The molecule has 0 heterocycles. The van der Waals surface area contributed by atoms with Crippen LogP contribution in [-0.2, 0) is 0 Å². The van der Waals surface area contributed by atoms with Crippen molar-refractivity contribution in [3.8, 4) is 0 Å². The zero-order valence-electron chi connectivity index (χ0n) is 7.36. The second-order valence-electron chi connectivity index (χ2n) is 2.54. The minimum Gasteiger partial charge on any atom is -0.229 e. The van der Waals surface area contributed by atoms with Gasteiger partial charge in [0, 0.05) is 7.05 Å². The van der Waals surface area contributed by atoms with E-state index in [1.807, 2.05) is 37.3 Å². The summed E-state index contributed by atoms with van der Waals surface area (Å²) in [5.74, 6) is 0. The highest BCUT2D eigenvalue weighted by Crippen LogP contribution is 2.14. The summed E-state index contributed by atoms with van der Waals surface area (Å²) in [6, 6.07) is 12.8. The third-order valence-electron chi connectivity index (χ3n) is 1.63. The highest BCUT2D eigenvalue weighted by atomic mass is 14.8. The van der Waals surface area contributed by atoms with Crippen LogP contribution >= 0.6 is 0 Å². The van der Waals surface area contributed by atoms with E-state index in [1.165, 1.54) is 5.56 Å². The summed E-state index contributed by atoms with van der Waals surface area (Å²) >= 11 is 0. The van der Waals surface area contributed by atoms with Crippen LogP contribution in [0.1, 0.15) is 18.5 Å². The number of rotatable bonds is 2. The first-order valence-corrected chi connectivity index (χ1v) is 3.93. The van der Waals surface area contributed by atoms with Gasteiger partial charge >= 0.3 is 0 Å². The van der Waals surface area contributed by atoms with E-state index in [0.29, 0.717) is 0 Å². The highest BCUT2D eigenvalue weighted by Gasteiger charge is 1.99. The Balaban J connectivity index is 2.79. The van der Waals surface area contributed by atoms with E-state index in [9.17, 15) is 0 Å². The van der Waals surface area contributed by atoms with Crippen LogP contribution in [0.4, 0.5) is 0 Å². The molecule has 0 aliphatic heterocycles. The van der Waals surface area contributed by atoms with Crippen LogP contribution < -0.4 is 0 Å². The van der Waals surface area contributed by atoms with E-state index < -0.39 is 0 Å². The molecule has 1 aromatic rings. The molecule has 0 aliphatic rings. The molecule has 0 aliphatic carbocycles. The van der Waals surface area contributed by atoms with Gasteiger partial charge in [0.25, 0.3) is 0 Å². The van der Waals surface area contributed by atoms with Crippen LogP contribution in [-0.4, -0.2) is 13.1 Å². The lowest BCUT2D eigenvalue weighted by Gasteiger charge is -2.02. The molecule has 0 N–H and O–H groups in total. The summed E-state index contributed by atoms with van der Waals surface area (Å²) in [6.07, 6.45) is 0. The molecular formula is C10H12N2. The van der Waals surface area contributed by atoms with Gasteiger partial charge in [0.1, 0.15) is 0 Å². The van der Waals surface area contributed by atoms with Crippen molar-refractivity contribution >= 4 is 6.01 Å². The standard InChI is InChI=1S/C10H12N2/c1-9(12-8-11-2)10-6-4-3-5-7-10/h3-7,9H,1-2H3/t9-/m1/s1. The SMILES string of the molecule is CN=C=N[C@H](C)c1ccccc1. The van der Waals surface area contributed by atoms with Crippen molar-refractivity contribution in [2.24, 2.45) is 9.98 Å². The van der Waals surface area contributed by atoms with Crippen molar-refractivity contribution in [2.45, 2.75) is 13.0 Å². The molecule has 0 unspecified atom stereocenters. The number of benzene rings is 1. The van der Waals surface area contributed by atoms with Crippen molar-refractivity contribution in [3.05, 3.63) is 35.9 Å². The summed E-state index contributed by atoms with van der Waals surface area (Å²) in [5.41, 5.74) is 1.19. The smallest absolute Gasteiger partial charge is 0.0895 e. The molecule has 2 heteroatoms. The maximum Gasteiger partial charge on any atom is 0.0895 e. The monoisotopic (exact) mass is 160 g/mol. The molecule has 2 nitrogen and oxygen atoms in total. The van der Waals surface area contributed by atoms with Crippen LogP contribution in [0.5, 0.6) is 0 Å². The Morgan fingerprint density at radius 3 is 2.50 bits per heavy atom. The first-order valence-electron chi connectivity index (χ1n) is 3.93. The molecule has 0 saturated carbocycles. The van der Waals surface area contributed by atoms with Crippen molar-refractivity contribution in [1.82, 2.24) is 0 Å². The van der Waals surface area contributed by atoms with Gasteiger partial charge < -0.3 is 0 Å². The van der Waals surface area contributed by atoms with E-state index in [2.05, 4.69) is 16.0 Å². The molecule has 0 spiro atoms. The quantitative estimate of drug-likeness (QED) is 0.594. The Morgan fingerprint density at radius 1 is 1.25 bits per heavy atom. The molecule has 1 aromatic carbocycles. The molecular weight excluding hydrogens is 148 g/mol. The van der Waals surface area contributed by atoms with Gasteiger partial charge in [-0.3, -0.25) is 0 Å². The van der Waals surface area contributed by atoms with Crippen molar-refractivity contribution < 1.29 is 0 Å². The third kappa shape index (κ3) is 2.33. The normalized spacial score (nSPS) is 11.5. The molecule has 1 atom stereocenters. The topological polar surface area (TPSA) is 24.7 Å². The molecule has 62 valence electrons. The minimum absolute atomic E-state index is 0.148. The maximum atomic E-state index is 4.10. The largest absolute Gasteiger partial charge is 0.229 e. The van der Waals surface area contributed by atoms with Crippen LogP contribution in [0.2, 0.25) is 0 Å². The molecule has 1 rings (SSSR count). The summed E-state index contributed by atoms with van der Waals surface area (Å²) in [7, 11) is 1.67. The van der Waals surface area contributed by atoms with Gasteiger partial charge in [-0.1, -0.05) is 30.3 Å². The number of nitrogens with zero attached hydrogens (tertiary/aromatic N) is 2. The van der Waals surface area contributed by atoms with Crippen molar-refractivity contribution in [1.29, 1.82) is 0 Å². The third-order valence-corrected chi connectivity index (χ3v) is 1.63. The van der Waals surface area contributed by atoms with Crippen LogP contribution in [0.3, 0.4) is 0 Å². The van der Waals surface area contributed by atoms with Gasteiger partial charge in [0.05, 0.1) is 12.1 Å². The van der Waals surface area contributed by atoms with Crippen LogP contribution in [0.15, 0.2) is 40.3 Å². The fraction of sp³-hybridized carbons (Fsp3) is 0.300. The zero-order valence-corrected chi connectivity index (χ0v) is 7.36. The average Bonchev–Trinajstić information content (AvgIpc) is 2.15. The summed E-state index contributed by atoms with van der Waals surface area (Å²) in [5, 5.41) is 0. The predicted molar refractivity (Wildman–Crippen MR) is 50.6 cm³/mol. The Labute approximate surface area is 72.7 Å². The predicted octanol–water partition coefficient (Wildman–Crippen LogP) is 2.55. The summed E-state index contributed by atoms with van der Waals surface area (Å²) in [6.45, 7) is 2.02. The zero-order chi connectivity index (χ0) is 8.81. The molecule has 0 saturated heterocycles. The molecule has 0 bridgehead atoms. The Hall–Kier alpha value is -1.40. The van der Waals surface area contributed by atoms with Gasteiger partial charge in [0.15, 0.2) is 0 Å². The number of hydrogen-bond acceptors (Lipinski definition) is 2. The van der Waals surface area contributed by atoms with Gasteiger partial charge in [-0.05, 0) is 12.5 Å². The maximum absolute atomic E-state index is 4.10. The van der Waals surface area contributed by atoms with Gasteiger partial charge in [-0.2, -0.15) is 0 Å². The highest BCUT2D eigenvalue weighted by molar-refractivity contribution is 5.42. The average molecular weight is 160 g/mol. The Morgan fingerprint density at radius 2 is 1.92 bits per heavy atom. The second kappa shape index (κ2) is 4.47. The van der Waals surface area contributed by atoms with Gasteiger partial charge in [-0.25, -0.2) is 9.98 Å². The Kier molecular flexibility index (Phi) is 3.24. The van der Waals surface area contributed by atoms with E-state index in [4.69, 9.17) is 0 Å². The van der Waals surface area contributed by atoms with Gasteiger partial charge in [0.2, 0.25) is 0 Å². The first kappa shape index (κ1) is 8.69. The summed E-state index contributed by atoms with van der Waals surface area (Å²) < 4.78 is 0. The molecule has 0 amide bonds. The van der Waals surface area contributed by atoms with Crippen LogP contribution in [0, 0.1) is 0 Å². The Bertz CT molecular complexity index is 284. The number of aliphatic imine (C=N–C) groups is 2. The lowest BCUT2D eigenvalue weighted by Crippen LogP contribution is -1.87. The van der Waals surface area contributed by atoms with E-state index in [0.717, 1.165) is 0 Å². The minimum atomic E-state index is 0.148. The molecule has 0 aromatic heterocycles.